The van der Waals surface area contributed by atoms with Crippen molar-refractivity contribution in [3.05, 3.63) is 0 Å². The molecule has 1 heterocycles. The second-order valence-corrected chi connectivity index (χ2v) is 7.83. The summed E-state index contributed by atoms with van der Waals surface area (Å²) in [4.78, 5) is 62.8. The van der Waals surface area contributed by atoms with Crippen LogP contribution in [-0.2, 0) is 24.0 Å². The van der Waals surface area contributed by atoms with Crippen molar-refractivity contribution in [3.8, 4) is 0 Å². The molecular weight excluding hydrogens is 601 g/mol. The molecule has 0 bridgehead atoms. The van der Waals surface area contributed by atoms with Gasteiger partial charge in [-0.15, -0.1) is 0 Å². The third-order valence-electron chi connectivity index (χ3n) is 5.31. The van der Waals surface area contributed by atoms with E-state index in [4.69, 9.17) is 10.2 Å². The van der Waals surface area contributed by atoms with Gasteiger partial charge in [0, 0.05) is 58.8 Å². The fourth-order valence-electron chi connectivity index (χ4n) is 3.63. The van der Waals surface area contributed by atoms with E-state index in [1.165, 1.54) is 4.90 Å². The van der Waals surface area contributed by atoms with Crippen molar-refractivity contribution in [1.29, 1.82) is 0 Å². The number of hydrogen-bond donors (Lipinski definition) is 5. The van der Waals surface area contributed by atoms with Crippen LogP contribution in [0.2, 0.25) is 0 Å². The first kappa shape index (κ1) is 32.5. The molecule has 1 radical (unpaired) electrons. The molecule has 1 fully saturated rings. The van der Waals surface area contributed by atoms with E-state index < -0.39 is 35.9 Å². The van der Waals surface area contributed by atoms with E-state index in [9.17, 15) is 39.3 Å². The predicted molar refractivity (Wildman–Crippen MR) is 112 cm³/mol. The van der Waals surface area contributed by atoms with Crippen LogP contribution >= 0.6 is 0 Å². The maximum atomic E-state index is 11.8. The van der Waals surface area contributed by atoms with Crippen LogP contribution in [0.5, 0.6) is 0 Å². The van der Waals surface area contributed by atoms with E-state index in [2.05, 4.69) is 0 Å². The quantitative estimate of drug-likeness (QED) is 0.164. The molecule has 193 valence electrons. The Kier molecular flexibility index (Phi) is 16.3. The number of carboxylic acid groups (broad SMARTS) is 5. The Bertz CT molecular complexity index is 679. The van der Waals surface area contributed by atoms with E-state index in [-0.39, 0.29) is 125 Å². The molecule has 0 aromatic carbocycles. The Morgan fingerprint density at radius 3 is 1.15 bits per heavy atom. The van der Waals surface area contributed by atoms with Crippen LogP contribution < -0.4 is 0 Å². The van der Waals surface area contributed by atoms with Gasteiger partial charge in [0.1, 0.15) is 6.04 Å². The van der Waals surface area contributed by atoms with Crippen molar-refractivity contribution in [2.24, 2.45) is 0 Å². The van der Waals surface area contributed by atoms with E-state index in [0.29, 0.717) is 0 Å². The molecular formula is C19H32GdN4O10+3. The number of nitrogens with zero attached hydrogens (tertiary/aromatic N) is 4. The number of aliphatic carboxylic acids is 5. The van der Waals surface area contributed by atoms with Gasteiger partial charge < -0.3 is 25.5 Å². The van der Waals surface area contributed by atoms with Crippen molar-refractivity contribution >= 4 is 29.8 Å². The average molecular weight is 634 g/mol. The summed E-state index contributed by atoms with van der Waals surface area (Å²) in [6.07, 6.45) is -0.524. The van der Waals surface area contributed by atoms with Gasteiger partial charge in [-0.05, 0) is 6.42 Å². The number of rotatable bonds is 11. The Morgan fingerprint density at radius 1 is 0.559 bits per heavy atom. The second kappa shape index (κ2) is 17.0. The number of hydrogen-bond acceptors (Lipinski definition) is 9. The minimum absolute atomic E-state index is 0. The van der Waals surface area contributed by atoms with E-state index in [0.717, 1.165) is 0 Å². The molecule has 0 spiro atoms. The summed E-state index contributed by atoms with van der Waals surface area (Å²) in [5.41, 5.74) is 0. The smallest absolute Gasteiger partial charge is 0.481 e. The first-order valence-corrected chi connectivity index (χ1v) is 10.5. The molecule has 1 rings (SSSR count). The van der Waals surface area contributed by atoms with E-state index in [1.807, 2.05) is 0 Å². The summed E-state index contributed by atoms with van der Waals surface area (Å²) in [6, 6.07) is -1.13. The normalized spacial score (nSPS) is 18.6. The molecule has 0 aromatic rings. The first-order valence-electron chi connectivity index (χ1n) is 10.5. The monoisotopic (exact) mass is 634 g/mol. The average Bonchev–Trinajstić information content (AvgIpc) is 2.67. The summed E-state index contributed by atoms with van der Waals surface area (Å²) in [7, 11) is 0. The molecule has 14 nitrogen and oxygen atoms in total. The Hall–Kier alpha value is -1.49. The SMILES string of the molecule is O=C(O)CC[C@H](C(=O)O)N1CCN(CC(=O)O)CCN(CC(=O)O)CCN(CC(=O)O)CC1.[Gd+3]. The third kappa shape index (κ3) is 14.0. The fraction of sp³-hybridized carbons (Fsp3) is 0.737. The summed E-state index contributed by atoms with van der Waals surface area (Å²) < 4.78 is 0. The van der Waals surface area contributed by atoms with Gasteiger partial charge in [0.05, 0.1) is 19.6 Å². The van der Waals surface area contributed by atoms with Gasteiger partial charge in [-0.2, -0.15) is 0 Å². The largest absolute Gasteiger partial charge is 3.00 e. The van der Waals surface area contributed by atoms with Gasteiger partial charge in [-0.1, -0.05) is 0 Å². The van der Waals surface area contributed by atoms with Gasteiger partial charge in [0.2, 0.25) is 0 Å². The van der Waals surface area contributed by atoms with Crippen molar-refractivity contribution in [3.63, 3.8) is 0 Å². The summed E-state index contributed by atoms with van der Waals surface area (Å²) in [6.45, 7) is 0.464. The van der Waals surface area contributed by atoms with Crippen LogP contribution in [0.25, 0.3) is 0 Å². The summed E-state index contributed by atoms with van der Waals surface area (Å²) in [5.74, 6) is -5.61. The van der Waals surface area contributed by atoms with E-state index >= 15 is 0 Å². The Balaban J connectivity index is 0.0000109. The maximum absolute atomic E-state index is 11.8. The van der Waals surface area contributed by atoms with Crippen LogP contribution in [0.4, 0.5) is 0 Å². The van der Waals surface area contributed by atoms with Crippen LogP contribution in [0.3, 0.4) is 0 Å². The molecule has 0 amide bonds. The molecule has 34 heavy (non-hydrogen) atoms. The first-order chi connectivity index (χ1) is 15.5. The predicted octanol–water partition coefficient (Wildman–Crippen LogP) is -2.22. The topological polar surface area (TPSA) is 199 Å². The third-order valence-corrected chi connectivity index (χ3v) is 5.31. The Morgan fingerprint density at radius 2 is 0.882 bits per heavy atom. The molecule has 1 aliphatic rings. The molecule has 0 aromatic heterocycles. The fourth-order valence-corrected chi connectivity index (χ4v) is 3.63. The Labute approximate surface area is 228 Å². The van der Waals surface area contributed by atoms with Crippen LogP contribution in [0, 0.1) is 39.9 Å². The molecule has 5 N–H and O–H groups in total. The second-order valence-electron chi connectivity index (χ2n) is 7.83. The minimum Gasteiger partial charge on any atom is -0.481 e. The van der Waals surface area contributed by atoms with Gasteiger partial charge in [-0.25, -0.2) is 0 Å². The summed E-state index contributed by atoms with van der Waals surface area (Å²) >= 11 is 0. The van der Waals surface area contributed by atoms with Crippen molar-refractivity contribution in [1.82, 2.24) is 19.6 Å². The van der Waals surface area contributed by atoms with Crippen LogP contribution in [0.1, 0.15) is 12.8 Å². The molecule has 15 heteroatoms. The standard InChI is InChI=1S/C19H32N4O10.Gd/c24-15(25)2-1-14(19(32)33)23-9-7-21(12-17(28)29)5-3-20(11-16(26)27)4-6-22(8-10-23)13-18(30)31;/h14H,1-13H2,(H,24,25)(H,26,27)(H,28,29)(H,30,31)(H,32,33);/q;+3/t14-;/m1./s1. The zero-order valence-electron chi connectivity index (χ0n) is 18.7. The van der Waals surface area contributed by atoms with Crippen molar-refractivity contribution in [2.45, 2.75) is 18.9 Å². The number of carbonyl (C=O) groups is 5. The zero-order valence-corrected chi connectivity index (χ0v) is 21.0. The molecule has 1 saturated heterocycles. The molecule has 0 unspecified atom stereocenters. The molecule has 0 aliphatic carbocycles. The number of carboxylic acids is 5. The van der Waals surface area contributed by atoms with E-state index in [1.54, 1.807) is 14.7 Å². The van der Waals surface area contributed by atoms with Gasteiger partial charge in [-0.3, -0.25) is 43.6 Å². The van der Waals surface area contributed by atoms with Gasteiger partial charge in [0.15, 0.2) is 0 Å². The minimum atomic E-state index is -1.22. The van der Waals surface area contributed by atoms with Gasteiger partial charge in [0.25, 0.3) is 0 Å². The van der Waals surface area contributed by atoms with Gasteiger partial charge >= 0.3 is 69.8 Å². The maximum Gasteiger partial charge on any atom is 3.00 e. The van der Waals surface area contributed by atoms with Crippen molar-refractivity contribution in [2.75, 3.05) is 72.0 Å². The summed E-state index contributed by atoms with van der Waals surface area (Å²) in [5, 5.41) is 46.2. The van der Waals surface area contributed by atoms with Crippen molar-refractivity contribution < 1.29 is 89.4 Å². The zero-order chi connectivity index (χ0) is 25.0. The molecule has 1 aliphatic heterocycles. The van der Waals surface area contributed by atoms with Crippen LogP contribution in [-0.4, -0.2) is 153 Å². The van der Waals surface area contributed by atoms with Crippen LogP contribution in [0.15, 0.2) is 0 Å². The molecule has 0 saturated carbocycles. The molecule has 1 atom stereocenters.